The third kappa shape index (κ3) is 8.88. The molecule has 3 fully saturated rings. The van der Waals surface area contributed by atoms with Crippen molar-refractivity contribution in [3.63, 3.8) is 0 Å². The van der Waals surface area contributed by atoms with E-state index in [1.54, 1.807) is 6.20 Å². The summed E-state index contributed by atoms with van der Waals surface area (Å²) in [5.74, 6) is 8.01. The van der Waals surface area contributed by atoms with Crippen molar-refractivity contribution in [2.45, 2.75) is 128 Å². The second kappa shape index (κ2) is 18.7. The van der Waals surface area contributed by atoms with E-state index in [0.29, 0.717) is 18.8 Å². The number of imidazole rings is 2. The van der Waals surface area contributed by atoms with Crippen LogP contribution in [-0.4, -0.2) is 98.6 Å². The van der Waals surface area contributed by atoms with Gasteiger partial charge in [-0.1, -0.05) is 76.8 Å². The van der Waals surface area contributed by atoms with Gasteiger partial charge in [0.1, 0.15) is 23.4 Å². The van der Waals surface area contributed by atoms with Gasteiger partial charge in [0.2, 0.25) is 18.2 Å². The Morgan fingerprint density at radius 3 is 2.05 bits per heavy atom. The van der Waals surface area contributed by atoms with Gasteiger partial charge in [0.15, 0.2) is 0 Å². The lowest BCUT2D eigenvalue weighted by molar-refractivity contribution is -0.145. The Kier molecular flexibility index (Phi) is 13.1. The minimum absolute atomic E-state index is 0.0495. The monoisotopic (exact) mass is 858 g/mol. The van der Waals surface area contributed by atoms with Gasteiger partial charge in [-0.25, -0.2) is 14.8 Å². The summed E-state index contributed by atoms with van der Waals surface area (Å²) in [6, 6.07) is 11.4. The molecule has 1 unspecified atom stereocenters. The second-order valence-electron chi connectivity index (χ2n) is 18.4. The van der Waals surface area contributed by atoms with E-state index in [-0.39, 0.29) is 41.1 Å². The van der Waals surface area contributed by atoms with Crippen molar-refractivity contribution >= 4 is 17.9 Å². The lowest BCUT2D eigenvalue weighted by Gasteiger charge is -2.31. The number of hydrogen-bond acceptors (Lipinski definition) is 9. The van der Waals surface area contributed by atoms with Gasteiger partial charge in [-0.05, 0) is 108 Å². The number of methoxy groups -OCH3 is 2. The van der Waals surface area contributed by atoms with Gasteiger partial charge in [-0.3, -0.25) is 14.9 Å². The number of benzene rings is 2. The predicted octanol–water partition coefficient (Wildman–Crippen LogP) is 6.87. The molecule has 8 rings (SSSR count). The van der Waals surface area contributed by atoms with Crippen LogP contribution in [0, 0.1) is 23.7 Å². The Morgan fingerprint density at radius 1 is 0.794 bits per heavy atom. The van der Waals surface area contributed by atoms with E-state index >= 15 is 0 Å². The predicted molar refractivity (Wildman–Crippen MR) is 239 cm³/mol. The van der Waals surface area contributed by atoms with Crippen LogP contribution < -0.4 is 10.6 Å². The van der Waals surface area contributed by atoms with Crippen molar-refractivity contribution in [2.75, 3.05) is 27.3 Å². The summed E-state index contributed by atoms with van der Waals surface area (Å²) in [4.78, 5) is 59.5. The molecule has 0 radical (unpaired) electrons. The van der Waals surface area contributed by atoms with Crippen molar-refractivity contribution in [1.82, 2.24) is 40.4 Å². The highest BCUT2D eigenvalue weighted by Crippen LogP contribution is 2.54. The minimum Gasteiger partial charge on any atom is -0.453 e. The van der Waals surface area contributed by atoms with Crippen molar-refractivity contribution in [2.24, 2.45) is 11.8 Å². The fraction of sp³-hybridized carbons (Fsp3) is 0.531. The normalized spacial score (nSPS) is 20.5. The molecule has 1 spiro atoms. The first-order chi connectivity index (χ1) is 30.4. The number of carbonyl (C=O) groups excluding carboxylic acids is 3. The van der Waals surface area contributed by atoms with Gasteiger partial charge >= 0.3 is 6.09 Å². The zero-order valence-corrected chi connectivity index (χ0v) is 37.4. The molecule has 63 heavy (non-hydrogen) atoms. The first-order valence-electron chi connectivity index (χ1n) is 22.7. The maximum atomic E-state index is 13.7. The van der Waals surface area contributed by atoms with E-state index in [4.69, 9.17) is 19.4 Å². The number of fused-ring (bicyclic) bond motifs is 2. The molecule has 2 aliphatic carbocycles. The van der Waals surface area contributed by atoms with Crippen molar-refractivity contribution in [1.29, 1.82) is 0 Å². The molecule has 1 saturated carbocycles. The Labute approximate surface area is 370 Å². The highest BCUT2D eigenvalue weighted by molar-refractivity contribution is 5.86. The topological polar surface area (TPSA) is 178 Å². The second-order valence-corrected chi connectivity index (χ2v) is 18.4. The molecule has 4 aromatic rings. The maximum absolute atomic E-state index is 13.7. The van der Waals surface area contributed by atoms with Crippen molar-refractivity contribution in [3.05, 3.63) is 82.8 Å². The number of aliphatic hydroxyl groups is 1. The molecule has 5 atom stereocenters. The van der Waals surface area contributed by atoms with Crippen molar-refractivity contribution < 1.29 is 29.0 Å². The number of alkyl carbamates (subject to hydrolysis) is 1. The van der Waals surface area contributed by atoms with E-state index < -0.39 is 24.6 Å². The molecule has 334 valence electrons. The molecular formula is C49H62N8O6. The number of amides is 3. The number of aromatic nitrogens is 4. The SMILES string of the molecule is COC(=O)N[C@H](C(=O)N1CCC[C@H]1c1ncc(-c2ccc(-c3ccc(C#Cc4cnc([C@@H]5CCCN5C(=O)[C@@H](NC(O)OC)C(C)C)[nH]4)c4c3C3(CCCC3)CC4)cc2)[nH]1)C(C)C. The Morgan fingerprint density at radius 2 is 1.41 bits per heavy atom. The molecule has 4 aliphatic rings. The summed E-state index contributed by atoms with van der Waals surface area (Å²) in [5.41, 5.74) is 9.07. The fourth-order valence-electron chi connectivity index (χ4n) is 10.6. The molecule has 14 nitrogen and oxygen atoms in total. The highest BCUT2D eigenvalue weighted by Gasteiger charge is 2.44. The molecule has 3 amide bonds. The number of rotatable bonds is 12. The molecule has 2 aromatic carbocycles. The van der Waals surface area contributed by atoms with Crippen LogP contribution in [0.15, 0.2) is 48.8 Å². The number of carbonyl (C=O) groups is 3. The standard InChI is InChI=1S/C49H62N8O6/c1-29(2)41(54-47(60)62-5)45(58)56-25-9-11-38(56)43-50-27-34(52-43)19-17-32-18-20-35(40-36(32)21-24-49(40)22-7-8-23-49)31-13-15-33(16-14-31)37-28-51-44(53-37)39-12-10-26-57(39)46(59)42(30(3)4)55-48(61)63-6/h13-16,18,20,27-30,38-39,41-42,47,54,60H,7-12,21-26H2,1-6H3,(H,50,52)(H,51,53)(H,55,61)/t38-,39-,41-,42-,47?/m0/s1. The minimum atomic E-state index is -1.23. The molecular weight excluding hydrogens is 797 g/mol. The van der Waals surface area contributed by atoms with Crippen LogP contribution in [0.5, 0.6) is 0 Å². The van der Waals surface area contributed by atoms with Crippen LogP contribution in [0.1, 0.15) is 132 Å². The van der Waals surface area contributed by atoms with Gasteiger partial charge in [-0.15, -0.1) is 0 Å². The lowest BCUT2D eigenvalue weighted by Crippen LogP contribution is -2.52. The first kappa shape index (κ1) is 44.1. The van der Waals surface area contributed by atoms with Gasteiger partial charge in [0.25, 0.3) is 0 Å². The van der Waals surface area contributed by atoms with Crippen LogP contribution in [0.2, 0.25) is 0 Å². The number of H-pyrrole nitrogens is 2. The van der Waals surface area contributed by atoms with Gasteiger partial charge in [0, 0.05) is 25.8 Å². The van der Waals surface area contributed by atoms with Crippen LogP contribution in [0.3, 0.4) is 0 Å². The largest absolute Gasteiger partial charge is 0.453 e. The third-order valence-electron chi connectivity index (χ3n) is 13.9. The van der Waals surface area contributed by atoms with Crippen molar-refractivity contribution in [3.8, 4) is 34.2 Å². The number of likely N-dealkylation sites (tertiary alicyclic amines) is 2. The molecule has 0 bridgehead atoms. The molecule has 4 heterocycles. The number of ether oxygens (including phenoxy) is 2. The first-order valence-corrected chi connectivity index (χ1v) is 22.7. The third-order valence-corrected chi connectivity index (χ3v) is 13.9. The fourth-order valence-corrected chi connectivity index (χ4v) is 10.6. The average Bonchev–Trinajstić information content (AvgIpc) is 4.15. The lowest BCUT2D eigenvalue weighted by atomic mass is 9.76. The molecule has 14 heteroatoms. The quantitative estimate of drug-likeness (QED) is 0.0752. The van der Waals surface area contributed by atoms with Crippen LogP contribution in [0.4, 0.5) is 4.79 Å². The number of nitrogens with zero attached hydrogens (tertiary/aromatic N) is 4. The van der Waals surface area contributed by atoms with Gasteiger partial charge in [-0.2, -0.15) is 0 Å². The summed E-state index contributed by atoms with van der Waals surface area (Å²) in [5, 5.41) is 15.7. The molecule has 2 saturated heterocycles. The van der Waals surface area contributed by atoms with E-state index in [0.717, 1.165) is 67.0 Å². The van der Waals surface area contributed by atoms with E-state index in [1.165, 1.54) is 62.2 Å². The van der Waals surface area contributed by atoms with Crippen LogP contribution in [0.25, 0.3) is 22.4 Å². The van der Waals surface area contributed by atoms with Crippen LogP contribution >= 0.6 is 0 Å². The van der Waals surface area contributed by atoms with E-state index in [2.05, 4.69) is 68.8 Å². The zero-order valence-electron chi connectivity index (χ0n) is 37.4. The van der Waals surface area contributed by atoms with Gasteiger partial charge in [0.05, 0.1) is 43.3 Å². The summed E-state index contributed by atoms with van der Waals surface area (Å²) < 4.78 is 9.78. The molecule has 5 N–H and O–H groups in total. The molecule has 2 aromatic heterocycles. The van der Waals surface area contributed by atoms with Gasteiger partial charge < -0.3 is 39.7 Å². The summed E-state index contributed by atoms with van der Waals surface area (Å²) in [7, 11) is 2.70. The van der Waals surface area contributed by atoms with Crippen LogP contribution in [-0.2, 0) is 30.9 Å². The zero-order chi connectivity index (χ0) is 44.4. The Balaban J connectivity index is 1.01. The maximum Gasteiger partial charge on any atom is 0.407 e. The highest BCUT2D eigenvalue weighted by atomic mass is 16.6. The number of aromatic amines is 2. The summed E-state index contributed by atoms with van der Waals surface area (Å²) in [6.07, 6.45) is 12.1. The number of nitrogens with one attached hydrogen (secondary N) is 4. The number of hydrogen-bond donors (Lipinski definition) is 5. The Hall–Kier alpha value is -5.49. The summed E-state index contributed by atoms with van der Waals surface area (Å²) >= 11 is 0. The van der Waals surface area contributed by atoms with E-state index in [9.17, 15) is 19.5 Å². The number of aliphatic hydroxyl groups excluding tert-OH is 1. The smallest absolute Gasteiger partial charge is 0.407 e. The van der Waals surface area contributed by atoms with E-state index in [1.807, 2.05) is 43.7 Å². The Bertz CT molecular complexity index is 2350. The average molecular weight is 859 g/mol. The summed E-state index contributed by atoms with van der Waals surface area (Å²) in [6.45, 7) is 8.95. The molecule has 2 aliphatic heterocycles.